The molecule has 0 saturated heterocycles. The molecule has 0 atom stereocenters. The number of thioether (sulfide) groups is 1. The van der Waals surface area contributed by atoms with Crippen LogP contribution < -0.4 is 0 Å². The van der Waals surface area contributed by atoms with Gasteiger partial charge < -0.3 is 18.0 Å². The fraction of sp³-hybridized carbons (Fsp3) is 0.286. The van der Waals surface area contributed by atoms with Crippen molar-refractivity contribution in [2.24, 2.45) is 7.05 Å². The van der Waals surface area contributed by atoms with Crippen molar-refractivity contribution in [2.75, 3.05) is 5.75 Å². The molecule has 7 nitrogen and oxygen atoms in total. The molecule has 0 radical (unpaired) electrons. The lowest BCUT2D eigenvalue weighted by atomic mass is 10.2. The molecule has 0 bridgehead atoms. The molecule has 150 valence electrons. The molecule has 8 heteroatoms. The highest BCUT2D eigenvalue weighted by Crippen LogP contribution is 2.27. The summed E-state index contributed by atoms with van der Waals surface area (Å²) in [6, 6.07) is 7.61. The van der Waals surface area contributed by atoms with Crippen molar-refractivity contribution in [3.8, 4) is 11.4 Å². The lowest BCUT2D eigenvalue weighted by Crippen LogP contribution is -2.08. The number of hydrogen-bond acceptors (Lipinski definition) is 6. The lowest BCUT2D eigenvalue weighted by Gasteiger charge is -2.08. The van der Waals surface area contributed by atoms with Gasteiger partial charge in [0.2, 0.25) is 0 Å². The van der Waals surface area contributed by atoms with Crippen LogP contribution in [0.4, 0.5) is 0 Å². The normalized spacial score (nSPS) is 11.3. The van der Waals surface area contributed by atoms with Gasteiger partial charge in [0.15, 0.2) is 16.8 Å². The highest BCUT2D eigenvalue weighted by Gasteiger charge is 2.19. The third kappa shape index (κ3) is 3.67. The van der Waals surface area contributed by atoms with Gasteiger partial charge >= 0.3 is 0 Å². The number of carbonyl (C=O) groups is 1. The Hall–Kier alpha value is -3.00. The first-order valence-electron chi connectivity index (χ1n) is 9.24. The maximum atomic E-state index is 12.9. The zero-order chi connectivity index (χ0) is 20.5. The van der Waals surface area contributed by atoms with E-state index in [2.05, 4.69) is 14.8 Å². The minimum absolute atomic E-state index is 0.0674. The van der Waals surface area contributed by atoms with Gasteiger partial charge in [0, 0.05) is 24.0 Å². The summed E-state index contributed by atoms with van der Waals surface area (Å²) in [5.74, 6) is 2.74. The Labute approximate surface area is 172 Å². The third-order valence-electron chi connectivity index (χ3n) is 5.04. The Morgan fingerprint density at radius 2 is 1.97 bits per heavy atom. The predicted octanol–water partition coefficient (Wildman–Crippen LogP) is 4.42. The van der Waals surface area contributed by atoms with Crippen LogP contribution in [0.2, 0.25) is 0 Å². The minimum atomic E-state index is 0.0674. The highest BCUT2D eigenvalue weighted by molar-refractivity contribution is 7.99. The molecule has 0 N–H and O–H groups in total. The molecule has 4 aromatic heterocycles. The van der Waals surface area contributed by atoms with E-state index in [0.717, 1.165) is 39.9 Å². The van der Waals surface area contributed by atoms with Gasteiger partial charge in [-0.2, -0.15) is 0 Å². The van der Waals surface area contributed by atoms with Crippen LogP contribution in [-0.4, -0.2) is 30.9 Å². The monoisotopic (exact) mass is 410 g/mol. The molecule has 0 aliphatic rings. The molecule has 4 aromatic rings. The molecule has 0 aromatic carbocycles. The number of hydrogen-bond donors (Lipinski definition) is 0. The van der Waals surface area contributed by atoms with Crippen LogP contribution in [0.1, 0.15) is 33.3 Å². The number of nitrogens with zero attached hydrogens (tertiary/aromatic N) is 4. The molecule has 0 amide bonds. The summed E-state index contributed by atoms with van der Waals surface area (Å²) < 4.78 is 14.8. The Morgan fingerprint density at radius 3 is 2.66 bits per heavy atom. The summed E-state index contributed by atoms with van der Waals surface area (Å²) >= 11 is 1.38. The molecule has 0 aliphatic heterocycles. The molecule has 4 rings (SSSR count). The Morgan fingerprint density at radius 1 is 1.14 bits per heavy atom. The summed E-state index contributed by atoms with van der Waals surface area (Å²) in [4.78, 5) is 12.9. The van der Waals surface area contributed by atoms with E-state index >= 15 is 0 Å². The standard InChI is InChI=1S/C21H22N4O3S/c1-13-10-18(14(2)25(13)11-16-6-5-8-28-16)19(26)12-29-21-23-22-20(24(21)4)17-7-9-27-15(17)3/h5-10H,11-12H2,1-4H3. The summed E-state index contributed by atoms with van der Waals surface area (Å²) in [6.45, 7) is 6.47. The van der Waals surface area contributed by atoms with Gasteiger partial charge in [0.05, 0.1) is 30.4 Å². The molecule has 0 fully saturated rings. The fourth-order valence-corrected chi connectivity index (χ4v) is 4.18. The number of aromatic nitrogens is 4. The number of aryl methyl sites for hydroxylation is 2. The molecular weight excluding hydrogens is 388 g/mol. The molecule has 0 spiro atoms. The summed E-state index contributed by atoms with van der Waals surface area (Å²) in [5.41, 5.74) is 3.61. The van der Waals surface area contributed by atoms with Crippen molar-refractivity contribution >= 4 is 17.5 Å². The molecule has 4 heterocycles. The second-order valence-corrected chi connectivity index (χ2v) is 7.86. The van der Waals surface area contributed by atoms with Gasteiger partial charge in [-0.25, -0.2) is 0 Å². The van der Waals surface area contributed by atoms with Crippen LogP contribution in [0.5, 0.6) is 0 Å². The van der Waals surface area contributed by atoms with E-state index in [4.69, 9.17) is 8.83 Å². The van der Waals surface area contributed by atoms with Crippen molar-refractivity contribution in [1.82, 2.24) is 19.3 Å². The summed E-state index contributed by atoms with van der Waals surface area (Å²) in [5, 5.41) is 9.18. The van der Waals surface area contributed by atoms with Gasteiger partial charge in [0.25, 0.3) is 0 Å². The Kier molecular flexibility index (Phi) is 5.19. The van der Waals surface area contributed by atoms with Crippen LogP contribution in [0, 0.1) is 20.8 Å². The van der Waals surface area contributed by atoms with Crippen LogP contribution >= 0.6 is 11.8 Å². The van der Waals surface area contributed by atoms with Crippen molar-refractivity contribution in [3.05, 3.63) is 65.3 Å². The first-order valence-corrected chi connectivity index (χ1v) is 10.2. The van der Waals surface area contributed by atoms with Crippen molar-refractivity contribution in [1.29, 1.82) is 0 Å². The fourth-order valence-electron chi connectivity index (χ4n) is 3.39. The third-order valence-corrected chi connectivity index (χ3v) is 6.06. The van der Waals surface area contributed by atoms with Crippen LogP contribution in [-0.2, 0) is 13.6 Å². The number of rotatable bonds is 7. The van der Waals surface area contributed by atoms with Crippen molar-refractivity contribution < 1.29 is 13.6 Å². The zero-order valence-electron chi connectivity index (χ0n) is 16.8. The van der Waals surface area contributed by atoms with E-state index < -0.39 is 0 Å². The average Bonchev–Trinajstić information content (AvgIpc) is 3.47. The van der Waals surface area contributed by atoms with Gasteiger partial charge in [-0.05, 0) is 45.0 Å². The maximum Gasteiger partial charge on any atom is 0.191 e. The van der Waals surface area contributed by atoms with E-state index in [1.54, 1.807) is 12.5 Å². The SMILES string of the molecule is Cc1occc1-c1nnc(SCC(=O)c2cc(C)n(Cc3ccco3)c2C)n1C. The zero-order valence-corrected chi connectivity index (χ0v) is 17.6. The van der Waals surface area contributed by atoms with Crippen LogP contribution in [0.3, 0.4) is 0 Å². The number of Topliss-reactive ketones (excluding diaryl/α,β-unsaturated/α-hetero) is 1. The van der Waals surface area contributed by atoms with Gasteiger partial charge in [-0.1, -0.05) is 11.8 Å². The minimum Gasteiger partial charge on any atom is -0.469 e. The van der Waals surface area contributed by atoms with Gasteiger partial charge in [-0.3, -0.25) is 4.79 Å². The Bertz CT molecular complexity index is 1150. The smallest absolute Gasteiger partial charge is 0.191 e. The number of carbonyl (C=O) groups excluding carboxylic acids is 1. The van der Waals surface area contributed by atoms with Crippen LogP contribution in [0.25, 0.3) is 11.4 Å². The summed E-state index contributed by atoms with van der Waals surface area (Å²) in [7, 11) is 1.89. The van der Waals surface area contributed by atoms with E-state index in [9.17, 15) is 4.79 Å². The van der Waals surface area contributed by atoms with E-state index in [0.29, 0.717) is 17.5 Å². The molecule has 0 aliphatic carbocycles. The van der Waals surface area contributed by atoms with Crippen molar-refractivity contribution in [2.45, 2.75) is 32.5 Å². The van der Waals surface area contributed by atoms with Crippen LogP contribution in [0.15, 0.2) is 50.8 Å². The molecular formula is C21H22N4O3S. The first-order chi connectivity index (χ1) is 14.0. The summed E-state index contributed by atoms with van der Waals surface area (Å²) in [6.07, 6.45) is 3.29. The molecule has 29 heavy (non-hydrogen) atoms. The van der Waals surface area contributed by atoms with Gasteiger partial charge in [-0.15, -0.1) is 10.2 Å². The second kappa shape index (κ2) is 7.79. The first kappa shape index (κ1) is 19.3. The lowest BCUT2D eigenvalue weighted by molar-refractivity contribution is 0.102. The van der Waals surface area contributed by atoms with E-state index in [1.165, 1.54) is 11.8 Å². The number of ketones is 1. The predicted molar refractivity (Wildman–Crippen MR) is 110 cm³/mol. The quantitative estimate of drug-likeness (QED) is 0.331. The second-order valence-electron chi connectivity index (χ2n) is 6.92. The highest BCUT2D eigenvalue weighted by atomic mass is 32.2. The Balaban J connectivity index is 1.48. The van der Waals surface area contributed by atoms with Crippen molar-refractivity contribution in [3.63, 3.8) is 0 Å². The average molecular weight is 410 g/mol. The largest absolute Gasteiger partial charge is 0.469 e. The topological polar surface area (TPSA) is 79.0 Å². The van der Waals surface area contributed by atoms with E-state index in [1.807, 2.05) is 56.7 Å². The maximum absolute atomic E-state index is 12.9. The molecule has 0 saturated carbocycles. The van der Waals surface area contributed by atoms with Gasteiger partial charge in [0.1, 0.15) is 11.5 Å². The number of furan rings is 2. The van der Waals surface area contributed by atoms with E-state index in [-0.39, 0.29) is 5.78 Å². The molecule has 0 unspecified atom stereocenters.